The van der Waals surface area contributed by atoms with Gasteiger partial charge in [-0.25, -0.2) is 5.84 Å². The molecule has 22 heavy (non-hydrogen) atoms. The summed E-state index contributed by atoms with van der Waals surface area (Å²) in [7, 11) is 0. The predicted molar refractivity (Wildman–Crippen MR) is 90.8 cm³/mol. The number of carbonyl (C=O) groups excluding carboxylic acids is 1. The van der Waals surface area contributed by atoms with Gasteiger partial charge in [0.2, 0.25) is 0 Å². The first kappa shape index (κ1) is 16.3. The highest BCUT2D eigenvalue weighted by Crippen LogP contribution is 2.17. The summed E-state index contributed by atoms with van der Waals surface area (Å²) in [5.74, 6) is 5.70. The van der Waals surface area contributed by atoms with Crippen molar-refractivity contribution in [3.63, 3.8) is 0 Å². The quantitative estimate of drug-likeness (QED) is 0.306. The zero-order valence-corrected chi connectivity index (χ0v) is 13.6. The summed E-state index contributed by atoms with van der Waals surface area (Å²) in [6, 6.07) is 14.9. The van der Waals surface area contributed by atoms with Crippen molar-refractivity contribution in [3.8, 4) is 5.75 Å². The maximum Gasteiger partial charge on any atom is 0.267 e. The van der Waals surface area contributed by atoms with Crippen LogP contribution in [0.15, 0.2) is 53.0 Å². The van der Waals surface area contributed by atoms with E-state index in [1.54, 1.807) is 12.1 Å². The lowest BCUT2D eigenvalue weighted by molar-refractivity contribution is 0.0954. The Labute approximate surface area is 138 Å². The van der Waals surface area contributed by atoms with Crippen molar-refractivity contribution >= 4 is 27.5 Å². The van der Waals surface area contributed by atoms with Crippen LogP contribution < -0.4 is 21.3 Å². The molecule has 0 aliphatic carbocycles. The number of hydrazine groups is 1. The second kappa shape index (κ2) is 8.41. The third kappa shape index (κ3) is 4.75. The Balaban J connectivity index is 1.77. The van der Waals surface area contributed by atoms with Gasteiger partial charge in [-0.3, -0.25) is 10.2 Å². The molecular formula is C16H18BrN3O2. The minimum absolute atomic E-state index is 0.311. The molecular weight excluding hydrogens is 346 g/mol. The minimum atomic E-state index is -0.311. The molecule has 5 nitrogen and oxygen atoms in total. The zero-order valence-electron chi connectivity index (χ0n) is 12.0. The molecule has 0 heterocycles. The second-order valence-corrected chi connectivity index (χ2v) is 5.52. The Morgan fingerprint density at radius 2 is 1.86 bits per heavy atom. The molecule has 116 valence electrons. The van der Waals surface area contributed by atoms with Crippen LogP contribution in [0.3, 0.4) is 0 Å². The number of nitrogen functional groups attached to an aromatic ring is 1. The number of nitrogens with one attached hydrogen (secondary N) is 2. The van der Waals surface area contributed by atoms with Gasteiger partial charge in [0.15, 0.2) is 0 Å². The highest BCUT2D eigenvalue weighted by atomic mass is 79.9. The van der Waals surface area contributed by atoms with E-state index in [4.69, 9.17) is 10.6 Å². The van der Waals surface area contributed by atoms with Gasteiger partial charge in [-0.15, -0.1) is 0 Å². The lowest BCUT2D eigenvalue weighted by Crippen LogP contribution is -2.30. The topological polar surface area (TPSA) is 76.4 Å². The van der Waals surface area contributed by atoms with Crippen LogP contribution in [0, 0.1) is 0 Å². The molecule has 6 heteroatoms. The van der Waals surface area contributed by atoms with Crippen LogP contribution in [0.2, 0.25) is 0 Å². The van der Waals surface area contributed by atoms with Crippen molar-refractivity contribution in [1.29, 1.82) is 0 Å². The van der Waals surface area contributed by atoms with Crippen molar-refractivity contribution in [2.24, 2.45) is 5.84 Å². The second-order valence-electron chi connectivity index (χ2n) is 4.60. The molecule has 0 saturated carbocycles. The number of anilines is 1. The van der Waals surface area contributed by atoms with Gasteiger partial charge in [-0.2, -0.15) is 0 Å². The zero-order chi connectivity index (χ0) is 15.8. The molecule has 0 atom stereocenters. The average Bonchev–Trinajstić information content (AvgIpc) is 2.56. The lowest BCUT2D eigenvalue weighted by atomic mass is 10.1. The predicted octanol–water partition coefficient (Wildman–Crippen LogP) is 2.93. The number of amides is 1. The molecule has 0 aliphatic heterocycles. The van der Waals surface area contributed by atoms with Crippen molar-refractivity contribution in [1.82, 2.24) is 5.43 Å². The maximum absolute atomic E-state index is 11.6. The van der Waals surface area contributed by atoms with E-state index in [0.717, 1.165) is 22.3 Å². The molecule has 0 aliphatic rings. The SMILES string of the molecule is NNC(=O)c1ccccc1NCCCOc1ccc(Br)cc1. The molecule has 0 aromatic heterocycles. The minimum Gasteiger partial charge on any atom is -0.494 e. The summed E-state index contributed by atoms with van der Waals surface area (Å²) >= 11 is 3.38. The van der Waals surface area contributed by atoms with Gasteiger partial charge >= 0.3 is 0 Å². The van der Waals surface area contributed by atoms with E-state index in [-0.39, 0.29) is 5.91 Å². The number of carbonyl (C=O) groups is 1. The first-order valence-corrected chi connectivity index (χ1v) is 7.72. The van der Waals surface area contributed by atoms with E-state index in [2.05, 4.69) is 26.7 Å². The van der Waals surface area contributed by atoms with E-state index >= 15 is 0 Å². The molecule has 4 N–H and O–H groups in total. The van der Waals surface area contributed by atoms with E-state index < -0.39 is 0 Å². The number of nitrogens with two attached hydrogens (primary N) is 1. The van der Waals surface area contributed by atoms with Crippen molar-refractivity contribution < 1.29 is 9.53 Å². The van der Waals surface area contributed by atoms with Crippen LogP contribution >= 0.6 is 15.9 Å². The smallest absolute Gasteiger partial charge is 0.267 e. The summed E-state index contributed by atoms with van der Waals surface area (Å²) in [6.45, 7) is 1.30. The van der Waals surface area contributed by atoms with Crippen molar-refractivity contribution in [2.45, 2.75) is 6.42 Å². The van der Waals surface area contributed by atoms with Crippen LogP contribution in [0.1, 0.15) is 16.8 Å². The Bertz CT molecular complexity index is 617. The third-order valence-electron chi connectivity index (χ3n) is 3.02. The van der Waals surface area contributed by atoms with E-state index in [0.29, 0.717) is 18.7 Å². The number of hydrogen-bond acceptors (Lipinski definition) is 4. The van der Waals surface area contributed by atoms with E-state index in [1.807, 2.05) is 36.4 Å². The molecule has 0 radical (unpaired) electrons. The number of ether oxygens (including phenoxy) is 1. The monoisotopic (exact) mass is 363 g/mol. The fraction of sp³-hybridized carbons (Fsp3) is 0.188. The summed E-state index contributed by atoms with van der Waals surface area (Å²) in [4.78, 5) is 11.6. The van der Waals surface area contributed by atoms with Crippen molar-refractivity contribution in [2.75, 3.05) is 18.5 Å². The highest BCUT2D eigenvalue weighted by Gasteiger charge is 2.08. The van der Waals surface area contributed by atoms with Crippen LogP contribution in [-0.2, 0) is 0 Å². The Kier molecular flexibility index (Phi) is 6.24. The molecule has 0 fully saturated rings. The van der Waals surface area contributed by atoms with Gasteiger partial charge in [0, 0.05) is 16.7 Å². The van der Waals surface area contributed by atoms with E-state index in [9.17, 15) is 4.79 Å². The van der Waals surface area contributed by atoms with Crippen LogP contribution in [-0.4, -0.2) is 19.1 Å². The first-order chi connectivity index (χ1) is 10.7. The number of para-hydroxylation sites is 1. The van der Waals surface area contributed by atoms with Gasteiger partial charge in [0.05, 0.1) is 12.2 Å². The Morgan fingerprint density at radius 1 is 1.14 bits per heavy atom. The summed E-state index contributed by atoms with van der Waals surface area (Å²) in [5, 5.41) is 3.22. The van der Waals surface area contributed by atoms with Gasteiger partial charge in [0.25, 0.3) is 5.91 Å². The number of halogens is 1. The molecule has 1 amide bonds. The van der Waals surface area contributed by atoms with Gasteiger partial charge in [0.1, 0.15) is 5.75 Å². The number of benzene rings is 2. The first-order valence-electron chi connectivity index (χ1n) is 6.93. The third-order valence-corrected chi connectivity index (χ3v) is 3.55. The summed E-state index contributed by atoms with van der Waals surface area (Å²) in [6.07, 6.45) is 0.814. The van der Waals surface area contributed by atoms with Gasteiger partial charge in [-0.05, 0) is 42.8 Å². The molecule has 0 saturated heterocycles. The van der Waals surface area contributed by atoms with Crippen LogP contribution in [0.25, 0.3) is 0 Å². The summed E-state index contributed by atoms with van der Waals surface area (Å²) in [5.41, 5.74) is 3.43. The fourth-order valence-corrected chi connectivity index (χ4v) is 2.19. The molecule has 2 aromatic rings. The maximum atomic E-state index is 11.6. The Morgan fingerprint density at radius 3 is 2.59 bits per heavy atom. The number of hydrogen-bond donors (Lipinski definition) is 3. The van der Waals surface area contributed by atoms with Gasteiger partial charge < -0.3 is 10.1 Å². The van der Waals surface area contributed by atoms with E-state index in [1.165, 1.54) is 0 Å². The standard InChI is InChI=1S/C16H18BrN3O2/c17-12-6-8-13(9-7-12)22-11-3-10-19-15-5-2-1-4-14(15)16(21)20-18/h1-2,4-9,19H,3,10-11,18H2,(H,20,21). The number of rotatable bonds is 7. The van der Waals surface area contributed by atoms with Crippen molar-refractivity contribution in [3.05, 3.63) is 58.6 Å². The van der Waals surface area contributed by atoms with Crippen LogP contribution in [0.4, 0.5) is 5.69 Å². The molecule has 2 rings (SSSR count). The normalized spacial score (nSPS) is 10.1. The molecule has 0 bridgehead atoms. The fourth-order valence-electron chi connectivity index (χ4n) is 1.93. The molecule has 0 unspecified atom stereocenters. The average molecular weight is 364 g/mol. The summed E-state index contributed by atoms with van der Waals surface area (Å²) < 4.78 is 6.66. The molecule has 2 aromatic carbocycles. The highest BCUT2D eigenvalue weighted by molar-refractivity contribution is 9.10. The molecule has 0 spiro atoms. The lowest BCUT2D eigenvalue weighted by Gasteiger charge is -2.11. The Hall–Kier alpha value is -2.05. The van der Waals surface area contributed by atoms with Crippen LogP contribution in [0.5, 0.6) is 5.75 Å². The van der Waals surface area contributed by atoms with Gasteiger partial charge in [-0.1, -0.05) is 28.1 Å². The largest absolute Gasteiger partial charge is 0.494 e.